The lowest BCUT2D eigenvalue weighted by Gasteiger charge is -2.06. The van der Waals surface area contributed by atoms with Crippen molar-refractivity contribution in [2.45, 2.75) is 32.2 Å². The minimum absolute atomic E-state index is 0.332. The highest BCUT2D eigenvalue weighted by Crippen LogP contribution is 2.19. The molecule has 0 bridgehead atoms. The second-order valence-corrected chi connectivity index (χ2v) is 5.58. The van der Waals surface area contributed by atoms with Gasteiger partial charge in [-0.3, -0.25) is 10.1 Å². The zero-order chi connectivity index (χ0) is 14.8. The summed E-state index contributed by atoms with van der Waals surface area (Å²) in [6.07, 6.45) is 6.76. The Labute approximate surface area is 123 Å². The van der Waals surface area contributed by atoms with Crippen LogP contribution >= 0.6 is 11.8 Å². The van der Waals surface area contributed by atoms with E-state index in [2.05, 4.69) is 11.6 Å². The van der Waals surface area contributed by atoms with Gasteiger partial charge in [0, 0.05) is 18.2 Å². The Morgan fingerprint density at radius 3 is 2.75 bits per heavy atom. The number of unbranched alkanes of at least 4 members (excludes halogenated alkanes) is 3. The number of rotatable bonds is 10. The van der Waals surface area contributed by atoms with Gasteiger partial charge in [-0.15, -0.1) is 0 Å². The number of thioether (sulfide) groups is 1. The van der Waals surface area contributed by atoms with Gasteiger partial charge in [-0.2, -0.15) is 16.2 Å². The van der Waals surface area contributed by atoms with Crippen LogP contribution in [-0.4, -0.2) is 23.5 Å². The maximum absolute atomic E-state index is 13.8. The Morgan fingerprint density at radius 1 is 1.30 bits per heavy atom. The van der Waals surface area contributed by atoms with Crippen molar-refractivity contribution in [1.29, 1.82) is 0 Å². The molecule has 1 aromatic rings. The zero-order valence-electron chi connectivity index (χ0n) is 11.7. The second kappa shape index (κ2) is 9.72. The first-order chi connectivity index (χ1) is 9.66. The lowest BCUT2D eigenvalue weighted by Crippen LogP contribution is -2.16. The van der Waals surface area contributed by atoms with Crippen LogP contribution in [0.25, 0.3) is 0 Å². The molecular weight excluding hydrogens is 279 g/mol. The van der Waals surface area contributed by atoms with Gasteiger partial charge < -0.3 is 5.32 Å². The molecule has 1 N–H and O–H groups in total. The van der Waals surface area contributed by atoms with E-state index in [9.17, 15) is 14.5 Å². The predicted octanol–water partition coefficient (Wildman–Crippen LogP) is 3.75. The van der Waals surface area contributed by atoms with Gasteiger partial charge in [0.15, 0.2) is 0 Å². The molecule has 0 radical (unpaired) electrons. The van der Waals surface area contributed by atoms with E-state index in [4.69, 9.17) is 0 Å². The van der Waals surface area contributed by atoms with Crippen molar-refractivity contribution in [2.24, 2.45) is 0 Å². The Kier molecular flexibility index (Phi) is 8.22. The van der Waals surface area contributed by atoms with Crippen molar-refractivity contribution >= 4 is 17.4 Å². The first-order valence-electron chi connectivity index (χ1n) is 6.78. The van der Waals surface area contributed by atoms with E-state index < -0.39 is 16.4 Å². The van der Waals surface area contributed by atoms with Crippen molar-refractivity contribution < 1.29 is 9.31 Å². The molecule has 0 saturated carbocycles. The van der Waals surface area contributed by atoms with Gasteiger partial charge in [0.05, 0.1) is 4.92 Å². The fourth-order valence-corrected chi connectivity index (χ4v) is 2.41. The summed E-state index contributed by atoms with van der Waals surface area (Å²) < 4.78 is 13.8. The van der Waals surface area contributed by atoms with Gasteiger partial charge in [-0.25, -0.2) is 0 Å². The Morgan fingerprint density at radius 2 is 2.05 bits per heavy atom. The number of hydrogen-bond donors (Lipinski definition) is 1. The number of benzene rings is 1. The van der Waals surface area contributed by atoms with Crippen LogP contribution in [0.1, 0.15) is 31.2 Å². The van der Waals surface area contributed by atoms with Gasteiger partial charge in [0.2, 0.25) is 5.82 Å². The van der Waals surface area contributed by atoms with Gasteiger partial charge in [0.1, 0.15) is 0 Å². The van der Waals surface area contributed by atoms with E-state index in [0.29, 0.717) is 12.1 Å². The number of nitrogens with one attached hydrogen (secondary N) is 1. The lowest BCUT2D eigenvalue weighted by atomic mass is 10.1. The summed E-state index contributed by atoms with van der Waals surface area (Å²) in [5.41, 5.74) is -0.108. The molecule has 0 aliphatic heterocycles. The first kappa shape index (κ1) is 16.9. The maximum Gasteiger partial charge on any atom is 0.305 e. The molecule has 1 rings (SSSR count). The van der Waals surface area contributed by atoms with Crippen LogP contribution in [0.2, 0.25) is 0 Å². The van der Waals surface area contributed by atoms with Crippen LogP contribution in [0.15, 0.2) is 18.2 Å². The smallest absolute Gasteiger partial charge is 0.305 e. The van der Waals surface area contributed by atoms with Gasteiger partial charge in [-0.1, -0.05) is 25.0 Å². The molecule has 0 spiro atoms. The van der Waals surface area contributed by atoms with Gasteiger partial charge >= 0.3 is 5.69 Å². The van der Waals surface area contributed by atoms with Crippen LogP contribution in [0.4, 0.5) is 10.1 Å². The van der Waals surface area contributed by atoms with E-state index in [-0.39, 0.29) is 0 Å². The van der Waals surface area contributed by atoms with E-state index in [0.717, 1.165) is 19.4 Å². The van der Waals surface area contributed by atoms with Crippen LogP contribution in [0.5, 0.6) is 0 Å². The standard InChI is InChI=1S/C14H21FN2O2S/c1-20-10-5-3-2-4-9-16-11-12-7-6-8-13(14(12)15)17(18)19/h6-8,16H,2-5,9-11H2,1H3. The van der Waals surface area contributed by atoms with E-state index in [1.54, 1.807) is 6.07 Å². The SMILES string of the molecule is CSCCCCCCNCc1cccc([N+](=O)[O-])c1F. The average molecular weight is 300 g/mol. The third kappa shape index (κ3) is 5.88. The summed E-state index contributed by atoms with van der Waals surface area (Å²) in [4.78, 5) is 9.93. The molecule has 1 aromatic carbocycles. The number of nitro groups is 1. The van der Waals surface area contributed by atoms with Crippen molar-refractivity contribution in [3.05, 3.63) is 39.7 Å². The average Bonchev–Trinajstić information content (AvgIpc) is 2.43. The number of halogens is 1. The number of hydrogen-bond acceptors (Lipinski definition) is 4. The van der Waals surface area contributed by atoms with Crippen molar-refractivity contribution in [3.8, 4) is 0 Å². The first-order valence-corrected chi connectivity index (χ1v) is 8.17. The predicted molar refractivity (Wildman–Crippen MR) is 81.6 cm³/mol. The highest BCUT2D eigenvalue weighted by molar-refractivity contribution is 7.98. The molecule has 6 heteroatoms. The topological polar surface area (TPSA) is 55.2 Å². The fourth-order valence-electron chi connectivity index (χ4n) is 1.92. The van der Waals surface area contributed by atoms with Gasteiger partial charge in [0.25, 0.3) is 0 Å². The second-order valence-electron chi connectivity index (χ2n) is 4.59. The molecule has 0 aliphatic rings. The molecule has 0 aliphatic carbocycles. The molecule has 0 saturated heterocycles. The van der Waals surface area contributed by atoms with Crippen LogP contribution in [-0.2, 0) is 6.54 Å². The molecule has 20 heavy (non-hydrogen) atoms. The third-order valence-corrected chi connectivity index (χ3v) is 3.72. The molecule has 0 atom stereocenters. The normalized spacial score (nSPS) is 10.7. The molecule has 0 heterocycles. The van der Waals surface area contributed by atoms with Crippen LogP contribution in [0, 0.1) is 15.9 Å². The molecular formula is C14H21FN2O2S. The third-order valence-electron chi connectivity index (χ3n) is 3.02. The minimum Gasteiger partial charge on any atom is -0.313 e. The van der Waals surface area contributed by atoms with E-state index in [1.165, 1.54) is 30.7 Å². The van der Waals surface area contributed by atoms with Crippen molar-refractivity contribution in [1.82, 2.24) is 5.32 Å². The molecule has 0 fully saturated rings. The van der Waals surface area contributed by atoms with E-state index >= 15 is 0 Å². The Bertz CT molecular complexity index is 430. The van der Waals surface area contributed by atoms with Crippen LogP contribution < -0.4 is 5.32 Å². The van der Waals surface area contributed by atoms with Crippen molar-refractivity contribution in [3.63, 3.8) is 0 Å². The highest BCUT2D eigenvalue weighted by atomic mass is 32.2. The van der Waals surface area contributed by atoms with Crippen LogP contribution in [0.3, 0.4) is 0 Å². The summed E-state index contributed by atoms with van der Waals surface area (Å²) in [6, 6.07) is 4.28. The van der Waals surface area contributed by atoms with E-state index in [1.807, 2.05) is 11.8 Å². The van der Waals surface area contributed by atoms with Gasteiger partial charge in [-0.05, 0) is 31.4 Å². The maximum atomic E-state index is 13.8. The fraction of sp³-hybridized carbons (Fsp3) is 0.571. The minimum atomic E-state index is -0.732. The summed E-state index contributed by atoms with van der Waals surface area (Å²) in [5.74, 6) is 0.469. The monoisotopic (exact) mass is 300 g/mol. The summed E-state index contributed by atoms with van der Waals surface area (Å²) >= 11 is 1.86. The summed E-state index contributed by atoms with van der Waals surface area (Å²) in [6.45, 7) is 1.14. The molecule has 0 amide bonds. The Hall–Kier alpha value is -1.14. The zero-order valence-corrected chi connectivity index (χ0v) is 12.5. The Balaban J connectivity index is 2.25. The van der Waals surface area contributed by atoms with Crippen molar-refractivity contribution in [2.75, 3.05) is 18.6 Å². The number of nitro benzene ring substituents is 1. The molecule has 4 nitrogen and oxygen atoms in total. The highest BCUT2D eigenvalue weighted by Gasteiger charge is 2.16. The lowest BCUT2D eigenvalue weighted by molar-refractivity contribution is -0.387. The largest absolute Gasteiger partial charge is 0.313 e. The number of nitrogens with zero attached hydrogens (tertiary/aromatic N) is 1. The summed E-state index contributed by atoms with van der Waals surface area (Å²) in [7, 11) is 0. The quantitative estimate of drug-likeness (QED) is 0.406. The molecule has 0 aromatic heterocycles. The summed E-state index contributed by atoms with van der Waals surface area (Å²) in [5, 5.41) is 13.8. The molecule has 0 unspecified atom stereocenters. The molecule has 112 valence electrons.